The summed E-state index contributed by atoms with van der Waals surface area (Å²) in [6, 6.07) is 3.91. The number of aryl methyl sites for hydroxylation is 1. The highest BCUT2D eigenvalue weighted by molar-refractivity contribution is 5.93. The fourth-order valence-corrected chi connectivity index (χ4v) is 3.70. The molecule has 2 heterocycles. The van der Waals surface area contributed by atoms with Gasteiger partial charge in [-0.25, -0.2) is 4.98 Å². The number of nitrogens with one attached hydrogen (secondary N) is 1. The second-order valence-electron chi connectivity index (χ2n) is 6.84. The van der Waals surface area contributed by atoms with Gasteiger partial charge in [0.2, 0.25) is 5.91 Å². The first-order valence-corrected chi connectivity index (χ1v) is 8.92. The van der Waals surface area contributed by atoms with Gasteiger partial charge in [0, 0.05) is 24.0 Å². The van der Waals surface area contributed by atoms with Crippen molar-refractivity contribution in [3.63, 3.8) is 0 Å². The van der Waals surface area contributed by atoms with Crippen molar-refractivity contribution in [3.8, 4) is 0 Å². The molecule has 2 aromatic heterocycles. The first-order chi connectivity index (χ1) is 11.2. The largest absolute Gasteiger partial charge is 0.324 e. The second kappa shape index (κ2) is 7.16. The van der Waals surface area contributed by atoms with E-state index in [1.54, 1.807) is 6.20 Å². The topological polar surface area (TPSA) is 46.4 Å². The molecule has 4 nitrogen and oxygen atoms in total. The van der Waals surface area contributed by atoms with Crippen LogP contribution in [0, 0.1) is 18.8 Å². The molecule has 0 aliphatic heterocycles. The van der Waals surface area contributed by atoms with Crippen molar-refractivity contribution < 1.29 is 4.79 Å². The fraction of sp³-hybridized carbons (Fsp3) is 0.579. The van der Waals surface area contributed by atoms with Gasteiger partial charge in [-0.1, -0.05) is 26.2 Å². The lowest BCUT2D eigenvalue weighted by atomic mass is 9.79. The summed E-state index contributed by atoms with van der Waals surface area (Å²) in [5.41, 5.74) is 2.84. The molecule has 1 aliphatic rings. The number of anilines is 1. The number of carbonyl (C=O) groups excluding carboxylic acids is 1. The molecule has 0 spiro atoms. The van der Waals surface area contributed by atoms with Crippen molar-refractivity contribution in [2.45, 2.75) is 58.8 Å². The molecule has 0 radical (unpaired) electrons. The van der Waals surface area contributed by atoms with Crippen LogP contribution in [0.2, 0.25) is 0 Å². The minimum absolute atomic E-state index is 0.172. The number of nitrogens with zero attached hydrogens (tertiary/aromatic N) is 2. The summed E-state index contributed by atoms with van der Waals surface area (Å²) in [5.74, 6) is 1.19. The van der Waals surface area contributed by atoms with E-state index in [2.05, 4.69) is 17.2 Å². The lowest BCUT2D eigenvalue weighted by Crippen LogP contribution is -2.27. The Morgan fingerprint density at radius 3 is 2.83 bits per heavy atom. The number of amides is 1. The zero-order valence-corrected chi connectivity index (χ0v) is 14.2. The van der Waals surface area contributed by atoms with E-state index in [-0.39, 0.29) is 11.8 Å². The van der Waals surface area contributed by atoms with E-state index in [0.717, 1.165) is 35.8 Å². The van der Waals surface area contributed by atoms with E-state index in [4.69, 9.17) is 0 Å². The van der Waals surface area contributed by atoms with Crippen LogP contribution < -0.4 is 5.32 Å². The molecule has 0 saturated heterocycles. The van der Waals surface area contributed by atoms with Crippen LogP contribution in [-0.2, 0) is 4.79 Å². The molecule has 0 aromatic carbocycles. The lowest BCUT2D eigenvalue weighted by molar-refractivity contribution is -0.121. The average molecular weight is 313 g/mol. The molecule has 1 fully saturated rings. The van der Waals surface area contributed by atoms with Crippen LogP contribution in [0.5, 0.6) is 0 Å². The van der Waals surface area contributed by atoms with Gasteiger partial charge < -0.3 is 9.72 Å². The third-order valence-corrected chi connectivity index (χ3v) is 5.26. The molecular weight excluding hydrogens is 286 g/mol. The molecule has 1 N–H and O–H groups in total. The smallest absolute Gasteiger partial charge is 0.227 e. The van der Waals surface area contributed by atoms with E-state index in [1.807, 2.05) is 29.7 Å². The Hall–Kier alpha value is -1.84. The summed E-state index contributed by atoms with van der Waals surface area (Å²) < 4.78 is 2.01. The van der Waals surface area contributed by atoms with Crippen LogP contribution in [0.25, 0.3) is 5.65 Å². The van der Waals surface area contributed by atoms with Crippen LogP contribution in [0.15, 0.2) is 24.5 Å². The van der Waals surface area contributed by atoms with Crippen LogP contribution in [0.1, 0.15) is 57.6 Å². The molecule has 124 valence electrons. The standard InChI is InChI=1S/C19H27N3O/c1-3-4-5-15-6-8-16(9-7-15)19(23)21-17-10-11-18-20-12-13-22(18)14(17)2/h10-13,15-16H,3-9H2,1-2H3,(H,21,23). The van der Waals surface area contributed by atoms with E-state index in [1.165, 1.54) is 32.1 Å². The molecule has 0 atom stereocenters. The van der Waals surface area contributed by atoms with Gasteiger partial charge in [0.05, 0.1) is 5.69 Å². The van der Waals surface area contributed by atoms with Gasteiger partial charge in [-0.2, -0.15) is 0 Å². The number of aromatic nitrogens is 2. The maximum absolute atomic E-state index is 12.6. The number of unbranched alkanes of at least 4 members (excludes halogenated alkanes) is 1. The quantitative estimate of drug-likeness (QED) is 0.878. The van der Waals surface area contributed by atoms with Crippen molar-refractivity contribution in [1.82, 2.24) is 9.38 Å². The summed E-state index contributed by atoms with van der Waals surface area (Å²) in [5, 5.41) is 3.13. The molecule has 0 bridgehead atoms. The van der Waals surface area contributed by atoms with Gasteiger partial charge in [-0.05, 0) is 50.7 Å². The van der Waals surface area contributed by atoms with Crippen LogP contribution >= 0.6 is 0 Å². The van der Waals surface area contributed by atoms with Gasteiger partial charge >= 0.3 is 0 Å². The Labute approximate surface area is 138 Å². The maximum Gasteiger partial charge on any atom is 0.227 e. The Kier molecular flexibility index (Phi) is 4.99. The number of hydrogen-bond donors (Lipinski definition) is 1. The number of carbonyl (C=O) groups is 1. The molecule has 0 unspecified atom stereocenters. The zero-order valence-electron chi connectivity index (χ0n) is 14.2. The van der Waals surface area contributed by atoms with Crippen molar-refractivity contribution in [2.75, 3.05) is 5.32 Å². The fourth-order valence-electron chi connectivity index (χ4n) is 3.70. The van der Waals surface area contributed by atoms with Crippen LogP contribution in [0.4, 0.5) is 5.69 Å². The predicted octanol–water partition coefficient (Wildman–Crippen LogP) is 4.58. The Balaban J connectivity index is 1.59. The highest BCUT2D eigenvalue weighted by atomic mass is 16.1. The molecule has 4 heteroatoms. The highest BCUT2D eigenvalue weighted by Crippen LogP contribution is 2.32. The Bertz CT molecular complexity index is 668. The second-order valence-corrected chi connectivity index (χ2v) is 6.84. The van der Waals surface area contributed by atoms with Gasteiger partial charge in [0.15, 0.2) is 0 Å². The number of rotatable bonds is 5. The predicted molar refractivity (Wildman–Crippen MR) is 93.5 cm³/mol. The molecule has 1 amide bonds. The van der Waals surface area contributed by atoms with Crippen LogP contribution in [0.3, 0.4) is 0 Å². The van der Waals surface area contributed by atoms with Crippen LogP contribution in [-0.4, -0.2) is 15.3 Å². The lowest BCUT2D eigenvalue weighted by Gasteiger charge is -2.28. The van der Waals surface area contributed by atoms with Gasteiger partial charge in [-0.3, -0.25) is 4.79 Å². The first-order valence-electron chi connectivity index (χ1n) is 8.92. The van der Waals surface area contributed by atoms with Gasteiger partial charge in [0.1, 0.15) is 5.65 Å². The van der Waals surface area contributed by atoms with E-state index in [9.17, 15) is 4.79 Å². The minimum atomic E-state index is 0.172. The zero-order chi connectivity index (χ0) is 16.2. The number of fused-ring (bicyclic) bond motifs is 1. The third-order valence-electron chi connectivity index (χ3n) is 5.26. The molecule has 3 rings (SSSR count). The SMILES string of the molecule is CCCCC1CCC(C(=O)Nc2ccc3nccn3c2C)CC1. The van der Waals surface area contributed by atoms with Crippen molar-refractivity contribution in [1.29, 1.82) is 0 Å². The Morgan fingerprint density at radius 1 is 1.30 bits per heavy atom. The van der Waals surface area contributed by atoms with Gasteiger partial charge in [0.25, 0.3) is 0 Å². The monoisotopic (exact) mass is 313 g/mol. The average Bonchev–Trinajstić information content (AvgIpc) is 3.05. The molecule has 23 heavy (non-hydrogen) atoms. The summed E-state index contributed by atoms with van der Waals surface area (Å²) in [7, 11) is 0. The summed E-state index contributed by atoms with van der Waals surface area (Å²) >= 11 is 0. The van der Waals surface area contributed by atoms with Gasteiger partial charge in [-0.15, -0.1) is 0 Å². The van der Waals surface area contributed by atoms with Crippen molar-refractivity contribution in [3.05, 3.63) is 30.2 Å². The summed E-state index contributed by atoms with van der Waals surface area (Å²) in [4.78, 5) is 16.9. The van der Waals surface area contributed by atoms with E-state index in [0.29, 0.717) is 0 Å². The first kappa shape index (κ1) is 16.0. The maximum atomic E-state index is 12.6. The third kappa shape index (κ3) is 3.57. The number of hydrogen-bond acceptors (Lipinski definition) is 2. The molecule has 1 saturated carbocycles. The van der Waals surface area contributed by atoms with E-state index < -0.39 is 0 Å². The van der Waals surface area contributed by atoms with E-state index >= 15 is 0 Å². The van der Waals surface area contributed by atoms with Crippen molar-refractivity contribution >= 4 is 17.2 Å². The summed E-state index contributed by atoms with van der Waals surface area (Å²) in [6.45, 7) is 4.27. The number of pyridine rings is 1. The van der Waals surface area contributed by atoms with Crippen molar-refractivity contribution in [2.24, 2.45) is 11.8 Å². The Morgan fingerprint density at radius 2 is 2.09 bits per heavy atom. The molecule has 1 aliphatic carbocycles. The minimum Gasteiger partial charge on any atom is -0.324 e. The highest BCUT2D eigenvalue weighted by Gasteiger charge is 2.26. The normalized spacial score (nSPS) is 21.5. The summed E-state index contributed by atoms with van der Waals surface area (Å²) in [6.07, 6.45) is 12.1. The number of imidazole rings is 1. The molecular formula is C19H27N3O. The molecule has 2 aromatic rings.